The van der Waals surface area contributed by atoms with Gasteiger partial charge in [-0.1, -0.05) is 30.3 Å². The molecule has 2 N–H and O–H groups in total. The summed E-state index contributed by atoms with van der Waals surface area (Å²) in [4.78, 5) is 23.8. The summed E-state index contributed by atoms with van der Waals surface area (Å²) in [5.74, 6) is -1.05. The lowest BCUT2D eigenvalue weighted by Gasteiger charge is -2.31. The topological polar surface area (TPSA) is 95.6 Å². The zero-order valence-electron chi connectivity index (χ0n) is 15.4. The summed E-state index contributed by atoms with van der Waals surface area (Å²) < 4.78 is 26.0. The molecule has 7 nitrogen and oxygen atoms in total. The lowest BCUT2D eigenvalue weighted by Crippen LogP contribution is -2.45. The van der Waals surface area contributed by atoms with Crippen LogP contribution >= 0.6 is 0 Å². The Kier molecular flexibility index (Phi) is 6.49. The van der Waals surface area contributed by atoms with E-state index in [1.165, 1.54) is 0 Å². The molecule has 0 atom stereocenters. The maximum atomic E-state index is 12.2. The van der Waals surface area contributed by atoms with E-state index in [9.17, 15) is 18.0 Å². The third-order valence-electron chi connectivity index (χ3n) is 5.18. The van der Waals surface area contributed by atoms with Crippen LogP contribution < -0.4 is 10.6 Å². The molecule has 3 rings (SSSR count). The molecule has 1 saturated carbocycles. The van der Waals surface area contributed by atoms with E-state index >= 15 is 0 Å². The third-order valence-corrected chi connectivity index (χ3v) is 7.58. The second-order valence-electron chi connectivity index (χ2n) is 7.29. The van der Waals surface area contributed by atoms with Crippen molar-refractivity contribution in [1.82, 2.24) is 14.9 Å². The van der Waals surface area contributed by atoms with Crippen molar-refractivity contribution < 1.29 is 18.0 Å². The van der Waals surface area contributed by atoms with E-state index in [0.717, 1.165) is 18.4 Å². The molecule has 1 aliphatic heterocycles. The van der Waals surface area contributed by atoms with Gasteiger partial charge in [0.2, 0.25) is 10.0 Å². The molecule has 27 heavy (non-hydrogen) atoms. The number of piperidine rings is 1. The standard InChI is InChI=1S/C19H27N3O4S/c23-18(20-11-8-15-4-2-1-3-5-15)19(24)21-14-16-9-12-22(13-10-16)27(25,26)17-6-7-17/h1-5,16-17H,6-14H2,(H,20,23)(H,21,24). The highest BCUT2D eigenvalue weighted by Crippen LogP contribution is 2.32. The van der Waals surface area contributed by atoms with Crippen LogP contribution in [0.25, 0.3) is 0 Å². The summed E-state index contributed by atoms with van der Waals surface area (Å²) in [6, 6.07) is 9.75. The minimum Gasteiger partial charge on any atom is -0.348 e. The molecule has 1 aromatic carbocycles. The molecule has 148 valence electrons. The van der Waals surface area contributed by atoms with Crippen molar-refractivity contribution in [1.29, 1.82) is 0 Å². The maximum Gasteiger partial charge on any atom is 0.309 e. The number of hydrogen-bond acceptors (Lipinski definition) is 4. The fourth-order valence-electron chi connectivity index (χ4n) is 3.31. The summed E-state index contributed by atoms with van der Waals surface area (Å²) in [5, 5.41) is 5.12. The first-order chi connectivity index (χ1) is 13.0. The molecule has 0 bridgehead atoms. The summed E-state index contributed by atoms with van der Waals surface area (Å²) in [5.41, 5.74) is 1.10. The predicted molar refractivity (Wildman–Crippen MR) is 102 cm³/mol. The Hall–Kier alpha value is -1.93. The van der Waals surface area contributed by atoms with Crippen LogP contribution in [0.5, 0.6) is 0 Å². The Morgan fingerprint density at radius 3 is 2.22 bits per heavy atom. The van der Waals surface area contributed by atoms with E-state index < -0.39 is 21.8 Å². The van der Waals surface area contributed by atoms with Gasteiger partial charge in [-0.2, -0.15) is 0 Å². The highest BCUT2D eigenvalue weighted by Gasteiger charge is 2.41. The smallest absolute Gasteiger partial charge is 0.309 e. The van der Waals surface area contributed by atoms with E-state index in [2.05, 4.69) is 10.6 Å². The van der Waals surface area contributed by atoms with E-state index in [1.54, 1.807) is 4.31 Å². The number of carbonyl (C=O) groups is 2. The van der Waals surface area contributed by atoms with E-state index in [4.69, 9.17) is 0 Å². The molecule has 1 aliphatic carbocycles. The zero-order valence-corrected chi connectivity index (χ0v) is 16.2. The number of amides is 2. The van der Waals surface area contributed by atoms with Gasteiger partial charge in [0.15, 0.2) is 0 Å². The minimum atomic E-state index is -3.11. The average molecular weight is 394 g/mol. The summed E-state index contributed by atoms with van der Waals surface area (Å²) in [7, 11) is -3.11. The van der Waals surface area contributed by atoms with Crippen LogP contribution in [0.4, 0.5) is 0 Å². The van der Waals surface area contributed by atoms with Crippen LogP contribution in [0.15, 0.2) is 30.3 Å². The van der Waals surface area contributed by atoms with Crippen LogP contribution in [-0.4, -0.2) is 56.0 Å². The molecule has 1 saturated heterocycles. The van der Waals surface area contributed by atoms with Crippen molar-refractivity contribution in [2.75, 3.05) is 26.2 Å². The lowest BCUT2D eigenvalue weighted by molar-refractivity contribution is -0.139. The molecule has 2 aliphatic rings. The Morgan fingerprint density at radius 2 is 1.59 bits per heavy atom. The molecule has 8 heteroatoms. The van der Waals surface area contributed by atoms with Crippen LogP contribution in [0.2, 0.25) is 0 Å². The van der Waals surface area contributed by atoms with Crippen LogP contribution in [0.1, 0.15) is 31.2 Å². The summed E-state index contributed by atoms with van der Waals surface area (Å²) in [6.07, 6.45) is 3.65. The second-order valence-corrected chi connectivity index (χ2v) is 9.50. The van der Waals surface area contributed by atoms with Gasteiger partial charge < -0.3 is 10.6 Å². The SMILES string of the molecule is O=C(NCCc1ccccc1)C(=O)NCC1CCN(S(=O)(=O)C2CC2)CC1. The highest BCUT2D eigenvalue weighted by molar-refractivity contribution is 7.90. The van der Waals surface area contributed by atoms with Gasteiger partial charge in [-0.15, -0.1) is 0 Å². The van der Waals surface area contributed by atoms with Crippen molar-refractivity contribution in [3.05, 3.63) is 35.9 Å². The van der Waals surface area contributed by atoms with Crippen LogP contribution in [0.3, 0.4) is 0 Å². The molecule has 2 fully saturated rings. The third kappa shape index (κ3) is 5.52. The van der Waals surface area contributed by atoms with Gasteiger partial charge in [0.1, 0.15) is 0 Å². The Labute approximate surface area is 160 Å². The summed E-state index contributed by atoms with van der Waals surface area (Å²) in [6.45, 7) is 1.82. The number of nitrogens with one attached hydrogen (secondary N) is 2. The Bertz CT molecular complexity index is 754. The molecule has 0 unspecified atom stereocenters. The lowest BCUT2D eigenvalue weighted by atomic mass is 9.98. The normalized spacial score (nSPS) is 18.8. The van der Waals surface area contributed by atoms with Crippen LogP contribution in [-0.2, 0) is 26.0 Å². The molecule has 0 aromatic heterocycles. The van der Waals surface area contributed by atoms with Gasteiger partial charge >= 0.3 is 11.8 Å². The van der Waals surface area contributed by atoms with Crippen molar-refractivity contribution in [2.24, 2.45) is 5.92 Å². The number of rotatable bonds is 7. The van der Waals surface area contributed by atoms with Gasteiger partial charge in [0.25, 0.3) is 0 Å². The average Bonchev–Trinajstić information content (AvgIpc) is 3.53. The van der Waals surface area contributed by atoms with Gasteiger partial charge in [-0.05, 0) is 43.6 Å². The van der Waals surface area contributed by atoms with Crippen molar-refractivity contribution in [3.8, 4) is 0 Å². The molecule has 0 spiro atoms. The van der Waals surface area contributed by atoms with Crippen molar-refractivity contribution >= 4 is 21.8 Å². The van der Waals surface area contributed by atoms with E-state index in [1.807, 2.05) is 30.3 Å². The van der Waals surface area contributed by atoms with Crippen LogP contribution in [0, 0.1) is 5.92 Å². The first-order valence-corrected chi connectivity index (χ1v) is 11.1. The number of nitrogens with zero attached hydrogens (tertiary/aromatic N) is 1. The summed E-state index contributed by atoms with van der Waals surface area (Å²) >= 11 is 0. The second kappa shape index (κ2) is 8.84. The predicted octanol–water partition coefficient (Wildman–Crippen LogP) is 0.666. The first-order valence-electron chi connectivity index (χ1n) is 9.55. The van der Waals surface area contributed by atoms with Gasteiger partial charge in [0, 0.05) is 26.2 Å². The molecule has 1 aromatic rings. The Balaban J connectivity index is 1.32. The zero-order chi connectivity index (χ0) is 19.3. The number of carbonyl (C=O) groups excluding carboxylic acids is 2. The monoisotopic (exact) mass is 393 g/mol. The van der Waals surface area contributed by atoms with Crippen molar-refractivity contribution in [2.45, 2.75) is 37.4 Å². The van der Waals surface area contributed by atoms with E-state index in [-0.39, 0.29) is 11.2 Å². The highest BCUT2D eigenvalue weighted by atomic mass is 32.2. The molecular formula is C19H27N3O4S. The number of hydrogen-bond donors (Lipinski definition) is 2. The Morgan fingerprint density at radius 1 is 0.963 bits per heavy atom. The quantitative estimate of drug-likeness (QED) is 0.666. The first kappa shape index (κ1) is 19.8. The van der Waals surface area contributed by atoms with Gasteiger partial charge in [-0.25, -0.2) is 12.7 Å². The minimum absolute atomic E-state index is 0.173. The van der Waals surface area contributed by atoms with E-state index in [0.29, 0.717) is 45.4 Å². The maximum absolute atomic E-state index is 12.2. The molecule has 0 radical (unpaired) electrons. The van der Waals surface area contributed by atoms with Gasteiger partial charge in [-0.3, -0.25) is 9.59 Å². The molecule has 1 heterocycles. The molecular weight excluding hydrogens is 366 g/mol. The van der Waals surface area contributed by atoms with Crippen molar-refractivity contribution in [3.63, 3.8) is 0 Å². The number of benzene rings is 1. The fraction of sp³-hybridized carbons (Fsp3) is 0.579. The number of sulfonamides is 1. The van der Waals surface area contributed by atoms with Gasteiger partial charge in [0.05, 0.1) is 5.25 Å². The largest absolute Gasteiger partial charge is 0.348 e. The molecule has 2 amide bonds. The fourth-order valence-corrected chi connectivity index (χ4v) is 5.18.